The third-order valence-corrected chi connectivity index (χ3v) is 4.54. The zero-order valence-electron chi connectivity index (χ0n) is 13.2. The van der Waals surface area contributed by atoms with Crippen LogP contribution in [0.2, 0.25) is 0 Å². The molecule has 2 N–H and O–H groups in total. The zero-order chi connectivity index (χ0) is 16.3. The van der Waals surface area contributed by atoms with Gasteiger partial charge in [0, 0.05) is 12.0 Å². The van der Waals surface area contributed by atoms with Gasteiger partial charge in [0.15, 0.2) is 0 Å². The zero-order valence-corrected chi connectivity index (χ0v) is 13.2. The fraction of sp³-hybridized carbons (Fsp3) is 0.316. The van der Waals surface area contributed by atoms with Crippen LogP contribution >= 0.6 is 0 Å². The van der Waals surface area contributed by atoms with E-state index in [4.69, 9.17) is 4.74 Å². The summed E-state index contributed by atoms with van der Waals surface area (Å²) in [7, 11) is 1.55. The van der Waals surface area contributed by atoms with Gasteiger partial charge in [0.25, 0.3) is 5.91 Å². The quantitative estimate of drug-likeness (QED) is 0.862. The molecule has 0 saturated heterocycles. The lowest BCUT2D eigenvalue weighted by Crippen LogP contribution is -2.33. The van der Waals surface area contributed by atoms with Crippen LogP contribution < -0.4 is 10.1 Å². The summed E-state index contributed by atoms with van der Waals surface area (Å²) in [6.07, 6.45) is 1.27. The highest BCUT2D eigenvalue weighted by molar-refractivity contribution is 5.96. The highest BCUT2D eigenvalue weighted by Crippen LogP contribution is 2.54. The molecule has 1 atom stereocenters. The van der Waals surface area contributed by atoms with Gasteiger partial charge in [0.05, 0.1) is 18.8 Å². The van der Waals surface area contributed by atoms with Crippen molar-refractivity contribution in [3.8, 4) is 5.75 Å². The van der Waals surface area contributed by atoms with Crippen LogP contribution in [0.1, 0.15) is 34.9 Å². The first-order valence-corrected chi connectivity index (χ1v) is 7.80. The van der Waals surface area contributed by atoms with Crippen LogP contribution in [-0.2, 0) is 0 Å². The number of aliphatic hydroxyl groups excluding tert-OH is 1. The average molecular weight is 311 g/mol. The Labute approximate surface area is 136 Å². The number of rotatable bonds is 6. The number of ether oxygens (including phenoxy) is 1. The van der Waals surface area contributed by atoms with Gasteiger partial charge in [-0.1, -0.05) is 42.5 Å². The Kier molecular flexibility index (Phi) is 4.35. The number of hydrogen-bond donors (Lipinski definition) is 2. The van der Waals surface area contributed by atoms with E-state index in [2.05, 4.69) is 5.32 Å². The van der Waals surface area contributed by atoms with E-state index >= 15 is 0 Å². The Morgan fingerprint density at radius 3 is 2.48 bits per heavy atom. The number of carbonyl (C=O) groups is 1. The molecular formula is C19H21NO3. The fourth-order valence-corrected chi connectivity index (χ4v) is 2.88. The van der Waals surface area contributed by atoms with Crippen molar-refractivity contribution in [3.05, 3.63) is 65.7 Å². The van der Waals surface area contributed by atoms with Crippen molar-refractivity contribution < 1.29 is 14.6 Å². The predicted molar refractivity (Wildman–Crippen MR) is 88.4 cm³/mol. The molecule has 2 aromatic carbocycles. The number of aliphatic hydroxyl groups is 1. The van der Waals surface area contributed by atoms with Crippen molar-refractivity contribution in [2.75, 3.05) is 13.7 Å². The first-order valence-electron chi connectivity index (χ1n) is 7.80. The van der Waals surface area contributed by atoms with E-state index in [1.54, 1.807) is 19.2 Å². The topological polar surface area (TPSA) is 58.6 Å². The van der Waals surface area contributed by atoms with Crippen LogP contribution in [0, 0.1) is 5.41 Å². The largest absolute Gasteiger partial charge is 0.496 e. The summed E-state index contributed by atoms with van der Waals surface area (Å²) in [5, 5.41) is 13.6. The van der Waals surface area contributed by atoms with Crippen molar-refractivity contribution in [2.45, 2.75) is 18.9 Å². The van der Waals surface area contributed by atoms with Crippen molar-refractivity contribution in [2.24, 2.45) is 5.41 Å². The number of amides is 1. The third kappa shape index (κ3) is 3.22. The molecule has 3 rings (SSSR count). The van der Waals surface area contributed by atoms with Crippen LogP contribution in [0.5, 0.6) is 5.75 Å². The van der Waals surface area contributed by atoms with Gasteiger partial charge in [0.1, 0.15) is 5.75 Å². The van der Waals surface area contributed by atoms with E-state index in [-0.39, 0.29) is 11.3 Å². The maximum atomic E-state index is 12.4. The lowest BCUT2D eigenvalue weighted by atomic mass is 9.92. The monoisotopic (exact) mass is 311 g/mol. The summed E-state index contributed by atoms with van der Waals surface area (Å²) in [6, 6.07) is 16.8. The van der Waals surface area contributed by atoms with Gasteiger partial charge in [-0.2, -0.15) is 0 Å². The van der Waals surface area contributed by atoms with E-state index in [1.807, 2.05) is 42.5 Å². The molecule has 1 saturated carbocycles. The maximum Gasteiger partial charge on any atom is 0.255 e. The minimum Gasteiger partial charge on any atom is -0.496 e. The first kappa shape index (κ1) is 15.6. The first-order chi connectivity index (χ1) is 11.2. The maximum absolute atomic E-state index is 12.4. The summed E-state index contributed by atoms with van der Waals surface area (Å²) in [6.45, 7) is 0.458. The van der Waals surface area contributed by atoms with Crippen molar-refractivity contribution >= 4 is 5.91 Å². The second-order valence-electron chi connectivity index (χ2n) is 6.06. The Bertz CT molecular complexity index is 680. The number of nitrogens with one attached hydrogen (secondary N) is 1. The fourth-order valence-electron chi connectivity index (χ4n) is 2.88. The number of carbonyl (C=O) groups excluding carboxylic acids is 1. The van der Waals surface area contributed by atoms with E-state index in [1.165, 1.54) is 0 Å². The molecule has 4 heteroatoms. The van der Waals surface area contributed by atoms with Crippen LogP contribution in [0.4, 0.5) is 0 Å². The standard InChI is InChI=1S/C19H21NO3/c1-23-16-10-6-5-9-15(16)18(22)20-13-19(11-12-19)17(21)14-7-3-2-4-8-14/h2-10,17,21H,11-13H2,1H3,(H,20,22). The van der Waals surface area contributed by atoms with Gasteiger partial charge in [0.2, 0.25) is 0 Å². The summed E-state index contributed by atoms with van der Waals surface area (Å²) >= 11 is 0. The predicted octanol–water partition coefficient (Wildman–Crippen LogP) is 2.94. The third-order valence-electron chi connectivity index (χ3n) is 4.54. The highest BCUT2D eigenvalue weighted by atomic mass is 16.5. The second-order valence-corrected chi connectivity index (χ2v) is 6.06. The van der Waals surface area contributed by atoms with Gasteiger partial charge in [-0.15, -0.1) is 0 Å². The molecule has 0 spiro atoms. The molecule has 23 heavy (non-hydrogen) atoms. The Morgan fingerprint density at radius 2 is 1.83 bits per heavy atom. The molecule has 0 heterocycles. The number of hydrogen-bond acceptors (Lipinski definition) is 3. The summed E-state index contributed by atoms with van der Waals surface area (Å²) in [5.74, 6) is 0.382. The summed E-state index contributed by atoms with van der Waals surface area (Å²) in [4.78, 5) is 12.4. The van der Waals surface area contributed by atoms with Gasteiger partial charge >= 0.3 is 0 Å². The molecule has 1 amide bonds. The summed E-state index contributed by atoms with van der Waals surface area (Å²) < 4.78 is 5.22. The minimum absolute atomic E-state index is 0.172. The van der Waals surface area contributed by atoms with E-state index < -0.39 is 6.10 Å². The Hall–Kier alpha value is -2.33. The average Bonchev–Trinajstić information content (AvgIpc) is 3.41. The van der Waals surface area contributed by atoms with Crippen LogP contribution in [0.25, 0.3) is 0 Å². The molecule has 0 bridgehead atoms. The number of para-hydroxylation sites is 1. The smallest absolute Gasteiger partial charge is 0.255 e. The van der Waals surface area contributed by atoms with Crippen LogP contribution in [-0.4, -0.2) is 24.7 Å². The SMILES string of the molecule is COc1ccccc1C(=O)NCC1(C(O)c2ccccc2)CC1. The van der Waals surface area contributed by atoms with E-state index in [0.29, 0.717) is 17.9 Å². The van der Waals surface area contributed by atoms with Crippen molar-refractivity contribution in [3.63, 3.8) is 0 Å². The molecule has 1 fully saturated rings. The molecule has 0 aromatic heterocycles. The molecule has 0 radical (unpaired) electrons. The van der Waals surface area contributed by atoms with Crippen LogP contribution in [0.3, 0.4) is 0 Å². The van der Waals surface area contributed by atoms with Gasteiger partial charge < -0.3 is 15.2 Å². The molecule has 0 aliphatic heterocycles. The Balaban J connectivity index is 1.67. The molecule has 1 aliphatic rings. The number of methoxy groups -OCH3 is 1. The van der Waals surface area contributed by atoms with Gasteiger partial charge in [-0.25, -0.2) is 0 Å². The summed E-state index contributed by atoms with van der Waals surface area (Å²) in [5.41, 5.74) is 1.16. The van der Waals surface area contributed by atoms with Gasteiger partial charge in [-0.05, 0) is 30.5 Å². The van der Waals surface area contributed by atoms with E-state index in [9.17, 15) is 9.90 Å². The molecule has 1 aliphatic carbocycles. The molecule has 2 aromatic rings. The second kappa shape index (κ2) is 6.42. The Morgan fingerprint density at radius 1 is 1.17 bits per heavy atom. The van der Waals surface area contributed by atoms with Crippen molar-refractivity contribution in [1.29, 1.82) is 0 Å². The highest BCUT2D eigenvalue weighted by Gasteiger charge is 2.49. The number of benzene rings is 2. The molecular weight excluding hydrogens is 290 g/mol. The molecule has 120 valence electrons. The molecule has 1 unspecified atom stereocenters. The van der Waals surface area contributed by atoms with Gasteiger partial charge in [-0.3, -0.25) is 4.79 Å². The minimum atomic E-state index is -0.554. The lowest BCUT2D eigenvalue weighted by molar-refractivity contribution is 0.0806. The molecule has 4 nitrogen and oxygen atoms in total. The van der Waals surface area contributed by atoms with Crippen molar-refractivity contribution in [1.82, 2.24) is 5.32 Å². The lowest BCUT2D eigenvalue weighted by Gasteiger charge is -2.23. The van der Waals surface area contributed by atoms with E-state index in [0.717, 1.165) is 18.4 Å². The normalized spacial score (nSPS) is 16.4. The van der Waals surface area contributed by atoms with Crippen LogP contribution in [0.15, 0.2) is 54.6 Å².